The number of pyridine rings is 1. The van der Waals surface area contributed by atoms with Crippen LogP contribution in [0.3, 0.4) is 0 Å². The highest BCUT2D eigenvalue weighted by molar-refractivity contribution is 6.08. The Morgan fingerprint density at radius 3 is 2.41 bits per heavy atom. The van der Waals surface area contributed by atoms with Gasteiger partial charge in [0.1, 0.15) is 11.4 Å². The maximum atomic E-state index is 13.2. The van der Waals surface area contributed by atoms with Gasteiger partial charge < -0.3 is 9.80 Å². The van der Waals surface area contributed by atoms with E-state index in [-0.39, 0.29) is 29.2 Å². The number of para-hydroxylation sites is 2. The standard InChI is InChI=1S/C24H23N3O2/c1-3-26(19-11-5-4-6-12-19)23(28)20-13-9-14-21(25-20)24(29)27-17(2)16-18-10-7-8-15-22(18)27/h4-15,17H,3,16H2,1-2H3. The number of anilines is 2. The van der Waals surface area contributed by atoms with Gasteiger partial charge in [0, 0.05) is 24.0 Å². The number of fused-ring (bicyclic) bond motifs is 1. The van der Waals surface area contributed by atoms with Crippen LogP contribution in [-0.4, -0.2) is 29.4 Å². The summed E-state index contributed by atoms with van der Waals surface area (Å²) in [6.07, 6.45) is 0.818. The molecule has 1 aliphatic rings. The lowest BCUT2D eigenvalue weighted by Crippen LogP contribution is -2.37. The second kappa shape index (κ2) is 7.87. The first kappa shape index (κ1) is 18.9. The van der Waals surface area contributed by atoms with Crippen molar-refractivity contribution in [1.82, 2.24) is 4.98 Å². The van der Waals surface area contributed by atoms with Crippen LogP contribution in [0.4, 0.5) is 11.4 Å². The van der Waals surface area contributed by atoms with Crippen LogP contribution >= 0.6 is 0 Å². The molecule has 2 heterocycles. The van der Waals surface area contributed by atoms with Gasteiger partial charge in [0.2, 0.25) is 0 Å². The van der Waals surface area contributed by atoms with Gasteiger partial charge in [-0.1, -0.05) is 42.5 Å². The second-order valence-electron chi connectivity index (χ2n) is 7.15. The monoisotopic (exact) mass is 385 g/mol. The summed E-state index contributed by atoms with van der Waals surface area (Å²) in [5, 5.41) is 0. The Balaban J connectivity index is 1.64. The first-order valence-electron chi connectivity index (χ1n) is 9.85. The maximum absolute atomic E-state index is 13.2. The molecule has 0 N–H and O–H groups in total. The zero-order valence-electron chi connectivity index (χ0n) is 16.6. The number of benzene rings is 2. The lowest BCUT2D eigenvalue weighted by molar-refractivity contribution is 0.0975. The van der Waals surface area contributed by atoms with Crippen molar-refractivity contribution in [3.8, 4) is 0 Å². The molecule has 2 aromatic carbocycles. The number of hydrogen-bond acceptors (Lipinski definition) is 3. The fraction of sp³-hybridized carbons (Fsp3) is 0.208. The molecule has 5 heteroatoms. The molecule has 146 valence electrons. The third-order valence-electron chi connectivity index (χ3n) is 5.24. The van der Waals surface area contributed by atoms with Crippen LogP contribution in [0.15, 0.2) is 72.8 Å². The fourth-order valence-corrected chi connectivity index (χ4v) is 3.86. The number of aromatic nitrogens is 1. The van der Waals surface area contributed by atoms with E-state index < -0.39 is 0 Å². The molecule has 0 fully saturated rings. The van der Waals surface area contributed by atoms with Gasteiger partial charge in [-0.2, -0.15) is 0 Å². The van der Waals surface area contributed by atoms with E-state index in [4.69, 9.17) is 0 Å². The molecule has 0 saturated carbocycles. The third-order valence-corrected chi connectivity index (χ3v) is 5.24. The predicted molar refractivity (Wildman–Crippen MR) is 114 cm³/mol. The first-order chi connectivity index (χ1) is 14.1. The Morgan fingerprint density at radius 1 is 0.966 bits per heavy atom. The van der Waals surface area contributed by atoms with Crippen LogP contribution in [0.5, 0.6) is 0 Å². The zero-order chi connectivity index (χ0) is 20.4. The molecule has 0 radical (unpaired) electrons. The summed E-state index contributed by atoms with van der Waals surface area (Å²) in [5.41, 5.74) is 3.43. The molecule has 1 aliphatic heterocycles. The highest BCUT2D eigenvalue weighted by Gasteiger charge is 2.32. The normalized spacial score (nSPS) is 15.1. The number of rotatable bonds is 4. The van der Waals surface area contributed by atoms with Gasteiger partial charge >= 0.3 is 0 Å². The molecule has 1 aromatic heterocycles. The predicted octanol–water partition coefficient (Wildman–Crippen LogP) is 4.34. The highest BCUT2D eigenvalue weighted by atomic mass is 16.2. The summed E-state index contributed by atoms with van der Waals surface area (Å²) in [7, 11) is 0. The quantitative estimate of drug-likeness (QED) is 0.671. The molecule has 3 aromatic rings. The molecule has 4 rings (SSSR count). The van der Waals surface area contributed by atoms with Crippen molar-refractivity contribution in [1.29, 1.82) is 0 Å². The summed E-state index contributed by atoms with van der Waals surface area (Å²) in [4.78, 5) is 34.2. The van der Waals surface area contributed by atoms with Crippen molar-refractivity contribution in [2.45, 2.75) is 26.3 Å². The molecule has 5 nitrogen and oxygen atoms in total. The van der Waals surface area contributed by atoms with Gasteiger partial charge in [-0.05, 0) is 56.2 Å². The van der Waals surface area contributed by atoms with Gasteiger partial charge in [-0.3, -0.25) is 9.59 Å². The second-order valence-corrected chi connectivity index (χ2v) is 7.15. The minimum Gasteiger partial charge on any atom is -0.307 e. The van der Waals surface area contributed by atoms with Crippen molar-refractivity contribution < 1.29 is 9.59 Å². The van der Waals surface area contributed by atoms with E-state index in [2.05, 4.69) is 4.98 Å². The van der Waals surface area contributed by atoms with Gasteiger partial charge in [-0.25, -0.2) is 4.98 Å². The Hall–Kier alpha value is -3.47. The summed E-state index contributed by atoms with van der Waals surface area (Å²) in [6.45, 7) is 4.46. The molecule has 2 amide bonds. The summed E-state index contributed by atoms with van der Waals surface area (Å²) >= 11 is 0. The molecule has 0 saturated heterocycles. The van der Waals surface area contributed by atoms with E-state index in [1.807, 2.05) is 68.4 Å². The van der Waals surface area contributed by atoms with Crippen LogP contribution in [-0.2, 0) is 6.42 Å². The van der Waals surface area contributed by atoms with E-state index in [0.717, 1.165) is 23.4 Å². The summed E-state index contributed by atoms with van der Waals surface area (Å²) in [6, 6.07) is 22.5. The first-order valence-corrected chi connectivity index (χ1v) is 9.85. The number of carbonyl (C=O) groups excluding carboxylic acids is 2. The Kier molecular flexibility index (Phi) is 5.12. The largest absolute Gasteiger partial charge is 0.307 e. The molecule has 1 unspecified atom stereocenters. The van der Waals surface area contributed by atoms with E-state index in [0.29, 0.717) is 6.54 Å². The van der Waals surface area contributed by atoms with E-state index in [1.54, 1.807) is 28.0 Å². The van der Waals surface area contributed by atoms with Gasteiger partial charge in [0.05, 0.1) is 0 Å². The van der Waals surface area contributed by atoms with Crippen molar-refractivity contribution in [3.05, 3.63) is 89.7 Å². The fourth-order valence-electron chi connectivity index (χ4n) is 3.86. The molecule has 0 aliphatic carbocycles. The minimum absolute atomic E-state index is 0.0533. The molecular weight excluding hydrogens is 362 g/mol. The molecule has 29 heavy (non-hydrogen) atoms. The molecule has 1 atom stereocenters. The number of carbonyl (C=O) groups is 2. The smallest absolute Gasteiger partial charge is 0.277 e. The van der Waals surface area contributed by atoms with Crippen LogP contribution in [0.25, 0.3) is 0 Å². The SMILES string of the molecule is CCN(C(=O)c1cccc(C(=O)N2c3ccccc3CC2C)n1)c1ccccc1. The van der Waals surface area contributed by atoms with Crippen LogP contribution < -0.4 is 9.80 Å². The van der Waals surface area contributed by atoms with Crippen LogP contribution in [0.1, 0.15) is 40.4 Å². The molecule has 0 spiro atoms. The van der Waals surface area contributed by atoms with E-state index in [1.165, 1.54) is 0 Å². The highest BCUT2D eigenvalue weighted by Crippen LogP contribution is 2.32. The number of nitrogens with zero attached hydrogens (tertiary/aromatic N) is 3. The summed E-state index contributed by atoms with van der Waals surface area (Å²) < 4.78 is 0. The zero-order valence-corrected chi connectivity index (χ0v) is 16.6. The van der Waals surface area contributed by atoms with Gasteiger partial charge in [0.25, 0.3) is 11.8 Å². The minimum atomic E-state index is -0.219. The van der Waals surface area contributed by atoms with Crippen molar-refractivity contribution >= 4 is 23.2 Å². The molecular formula is C24H23N3O2. The van der Waals surface area contributed by atoms with E-state index >= 15 is 0 Å². The van der Waals surface area contributed by atoms with Crippen LogP contribution in [0.2, 0.25) is 0 Å². The van der Waals surface area contributed by atoms with Gasteiger partial charge in [0.15, 0.2) is 0 Å². The Morgan fingerprint density at radius 2 is 1.66 bits per heavy atom. The number of amides is 2. The average molecular weight is 385 g/mol. The van der Waals surface area contributed by atoms with Gasteiger partial charge in [-0.15, -0.1) is 0 Å². The van der Waals surface area contributed by atoms with Crippen molar-refractivity contribution in [3.63, 3.8) is 0 Å². The topological polar surface area (TPSA) is 53.5 Å². The average Bonchev–Trinajstić information content (AvgIpc) is 3.10. The third kappa shape index (κ3) is 3.51. The Bertz CT molecular complexity index is 1050. The lowest BCUT2D eigenvalue weighted by Gasteiger charge is -2.23. The maximum Gasteiger partial charge on any atom is 0.277 e. The Labute approximate surface area is 170 Å². The summed E-state index contributed by atoms with van der Waals surface area (Å²) in [5.74, 6) is -0.400. The van der Waals surface area contributed by atoms with Crippen LogP contribution in [0, 0.1) is 0 Å². The lowest BCUT2D eigenvalue weighted by atomic mass is 10.1. The number of hydrogen-bond donors (Lipinski definition) is 0. The van der Waals surface area contributed by atoms with Crippen molar-refractivity contribution in [2.24, 2.45) is 0 Å². The van der Waals surface area contributed by atoms with E-state index in [9.17, 15) is 9.59 Å². The van der Waals surface area contributed by atoms with Crippen molar-refractivity contribution in [2.75, 3.05) is 16.3 Å². The molecule has 0 bridgehead atoms.